The third-order valence-corrected chi connectivity index (χ3v) is 6.05. The van der Waals surface area contributed by atoms with Crippen LogP contribution < -0.4 is 11.3 Å². The van der Waals surface area contributed by atoms with Gasteiger partial charge in [-0.2, -0.15) is 0 Å². The molecule has 0 spiro atoms. The van der Waals surface area contributed by atoms with Crippen molar-refractivity contribution in [1.82, 2.24) is 9.55 Å². The minimum Gasteiger partial charge on any atom is -0.385 e. The predicted molar refractivity (Wildman–Crippen MR) is 92.3 cm³/mol. The number of aryl methyl sites for hydroxylation is 2. The second-order valence-corrected chi connectivity index (χ2v) is 7.52. The van der Waals surface area contributed by atoms with Gasteiger partial charge in [-0.25, -0.2) is 4.98 Å². The number of thiophene rings is 1. The van der Waals surface area contributed by atoms with Crippen molar-refractivity contribution in [3.05, 3.63) is 20.8 Å². The smallest absolute Gasteiger partial charge is 0.263 e. The molecular formula is C15H19N3O3S2. The minimum atomic E-state index is -0.415. The van der Waals surface area contributed by atoms with E-state index < -0.39 is 5.91 Å². The molecule has 1 aliphatic rings. The Morgan fingerprint density at radius 2 is 2.30 bits per heavy atom. The van der Waals surface area contributed by atoms with Crippen molar-refractivity contribution in [1.29, 1.82) is 0 Å². The molecule has 1 amide bonds. The van der Waals surface area contributed by atoms with E-state index >= 15 is 0 Å². The first-order valence-corrected chi connectivity index (χ1v) is 9.37. The molecule has 8 heteroatoms. The van der Waals surface area contributed by atoms with Crippen molar-refractivity contribution in [2.75, 3.05) is 19.5 Å². The van der Waals surface area contributed by atoms with E-state index in [2.05, 4.69) is 4.98 Å². The number of carbonyl (C=O) groups excluding carboxylic acids is 1. The summed E-state index contributed by atoms with van der Waals surface area (Å²) in [6, 6.07) is 0. The molecule has 0 aromatic carbocycles. The van der Waals surface area contributed by atoms with Crippen molar-refractivity contribution < 1.29 is 9.53 Å². The zero-order valence-corrected chi connectivity index (χ0v) is 14.6. The predicted octanol–water partition coefficient (Wildman–Crippen LogP) is 1.56. The molecule has 23 heavy (non-hydrogen) atoms. The Balaban J connectivity index is 2.06. The number of ether oxygens (including phenoxy) is 1. The summed E-state index contributed by atoms with van der Waals surface area (Å²) in [5.74, 6) is -0.297. The van der Waals surface area contributed by atoms with Crippen molar-refractivity contribution in [2.24, 2.45) is 5.73 Å². The summed E-state index contributed by atoms with van der Waals surface area (Å²) < 4.78 is 6.74. The van der Waals surface area contributed by atoms with E-state index in [0.29, 0.717) is 18.3 Å². The maximum Gasteiger partial charge on any atom is 0.263 e. The van der Waals surface area contributed by atoms with Gasteiger partial charge in [0.15, 0.2) is 5.16 Å². The standard InChI is InChI=1S/C15H19N3O3S2/c1-21-7-3-6-18-14(20)12-9-4-2-5-10(9)23-13(12)17-15(18)22-8-11(16)19/h2-8H2,1H3,(H2,16,19). The maximum atomic E-state index is 13.0. The van der Waals surface area contributed by atoms with Gasteiger partial charge in [0.25, 0.3) is 5.56 Å². The molecule has 3 rings (SSSR count). The lowest BCUT2D eigenvalue weighted by Crippen LogP contribution is -2.25. The average molecular weight is 353 g/mol. The quantitative estimate of drug-likeness (QED) is 0.464. The van der Waals surface area contributed by atoms with Crippen molar-refractivity contribution >= 4 is 39.2 Å². The normalized spacial score (nSPS) is 13.6. The Morgan fingerprint density at radius 1 is 1.48 bits per heavy atom. The first-order valence-electron chi connectivity index (χ1n) is 7.57. The van der Waals surface area contributed by atoms with E-state index in [-0.39, 0.29) is 11.3 Å². The summed E-state index contributed by atoms with van der Waals surface area (Å²) in [4.78, 5) is 30.8. The van der Waals surface area contributed by atoms with Gasteiger partial charge in [-0.15, -0.1) is 11.3 Å². The monoisotopic (exact) mass is 353 g/mol. The first kappa shape index (κ1) is 16.5. The molecule has 0 atom stereocenters. The van der Waals surface area contributed by atoms with Gasteiger partial charge in [0.1, 0.15) is 4.83 Å². The number of aromatic nitrogens is 2. The van der Waals surface area contributed by atoms with Gasteiger partial charge >= 0.3 is 0 Å². The molecule has 1 aliphatic carbocycles. The van der Waals surface area contributed by atoms with Crippen molar-refractivity contribution in [2.45, 2.75) is 37.4 Å². The largest absolute Gasteiger partial charge is 0.385 e. The molecule has 0 aliphatic heterocycles. The highest BCUT2D eigenvalue weighted by Crippen LogP contribution is 2.35. The molecule has 0 fully saturated rings. The molecule has 2 N–H and O–H groups in total. The molecule has 0 bridgehead atoms. The number of methoxy groups -OCH3 is 1. The van der Waals surface area contributed by atoms with Crippen LogP contribution in [0.2, 0.25) is 0 Å². The van der Waals surface area contributed by atoms with Crippen LogP contribution in [0.4, 0.5) is 0 Å². The van der Waals surface area contributed by atoms with Gasteiger partial charge in [0.05, 0.1) is 11.1 Å². The van der Waals surface area contributed by atoms with Crippen LogP contribution >= 0.6 is 23.1 Å². The number of thioether (sulfide) groups is 1. The third kappa shape index (κ3) is 3.29. The van der Waals surface area contributed by atoms with E-state index in [0.717, 1.165) is 35.9 Å². The zero-order valence-electron chi connectivity index (χ0n) is 13.0. The van der Waals surface area contributed by atoms with E-state index in [4.69, 9.17) is 10.5 Å². The Labute approximate surface area is 142 Å². The molecule has 2 aromatic rings. The van der Waals surface area contributed by atoms with Gasteiger partial charge in [-0.1, -0.05) is 11.8 Å². The first-order chi connectivity index (χ1) is 11.1. The van der Waals surface area contributed by atoms with E-state index in [1.165, 1.54) is 22.2 Å². The number of nitrogens with two attached hydrogens (primary N) is 1. The Morgan fingerprint density at radius 3 is 3.04 bits per heavy atom. The Hall–Kier alpha value is -1.38. The molecule has 0 saturated carbocycles. The second kappa shape index (κ2) is 7.02. The van der Waals surface area contributed by atoms with Crippen molar-refractivity contribution in [3.63, 3.8) is 0 Å². The maximum absolute atomic E-state index is 13.0. The van der Waals surface area contributed by atoms with Gasteiger partial charge in [0, 0.05) is 25.1 Å². The fourth-order valence-electron chi connectivity index (χ4n) is 2.87. The topological polar surface area (TPSA) is 87.2 Å². The van der Waals surface area contributed by atoms with E-state index in [9.17, 15) is 9.59 Å². The van der Waals surface area contributed by atoms with Crippen LogP contribution in [0.15, 0.2) is 9.95 Å². The summed E-state index contributed by atoms with van der Waals surface area (Å²) >= 11 is 2.83. The summed E-state index contributed by atoms with van der Waals surface area (Å²) in [5, 5.41) is 1.33. The number of amides is 1. The highest BCUT2D eigenvalue weighted by molar-refractivity contribution is 7.99. The highest BCUT2D eigenvalue weighted by Gasteiger charge is 2.23. The second-order valence-electron chi connectivity index (χ2n) is 5.49. The molecule has 2 aromatic heterocycles. The Kier molecular flexibility index (Phi) is 5.03. The van der Waals surface area contributed by atoms with E-state index in [1.807, 2.05) is 0 Å². The lowest BCUT2D eigenvalue weighted by Gasteiger charge is -2.11. The fraction of sp³-hybridized carbons (Fsp3) is 0.533. The van der Waals surface area contributed by atoms with Gasteiger partial charge < -0.3 is 10.5 Å². The number of hydrogen-bond donors (Lipinski definition) is 1. The van der Waals surface area contributed by atoms with E-state index in [1.54, 1.807) is 23.0 Å². The molecule has 0 saturated heterocycles. The van der Waals surface area contributed by atoms with Crippen molar-refractivity contribution in [3.8, 4) is 0 Å². The summed E-state index contributed by atoms with van der Waals surface area (Å²) in [5.41, 5.74) is 6.40. The van der Waals surface area contributed by atoms with Crippen LogP contribution in [0.1, 0.15) is 23.3 Å². The van der Waals surface area contributed by atoms with Crippen LogP contribution in [0.5, 0.6) is 0 Å². The fourth-order valence-corrected chi connectivity index (χ4v) is 4.94. The third-order valence-electron chi connectivity index (χ3n) is 3.86. The summed E-state index contributed by atoms with van der Waals surface area (Å²) in [6.45, 7) is 1.10. The summed E-state index contributed by atoms with van der Waals surface area (Å²) in [6.07, 6.45) is 3.82. The molecule has 0 unspecified atom stereocenters. The zero-order chi connectivity index (χ0) is 16.4. The molecule has 0 radical (unpaired) electrons. The lowest BCUT2D eigenvalue weighted by molar-refractivity contribution is -0.115. The minimum absolute atomic E-state index is 0.00234. The number of fused-ring (bicyclic) bond motifs is 3. The van der Waals surface area contributed by atoms with Crippen LogP contribution in [0.25, 0.3) is 10.2 Å². The van der Waals surface area contributed by atoms with Crippen LogP contribution in [0, 0.1) is 0 Å². The lowest BCUT2D eigenvalue weighted by atomic mass is 10.2. The Bertz CT molecular complexity index is 797. The number of carbonyl (C=O) groups is 1. The molecule has 2 heterocycles. The van der Waals surface area contributed by atoms with Gasteiger partial charge in [0.2, 0.25) is 5.91 Å². The van der Waals surface area contributed by atoms with Gasteiger partial charge in [-0.3, -0.25) is 14.2 Å². The van der Waals surface area contributed by atoms with Crippen LogP contribution in [-0.2, 0) is 28.9 Å². The number of rotatable bonds is 7. The van der Waals surface area contributed by atoms with Gasteiger partial charge in [-0.05, 0) is 31.2 Å². The number of primary amides is 1. The van der Waals surface area contributed by atoms with Crippen LogP contribution in [0.3, 0.4) is 0 Å². The molecule has 6 nitrogen and oxygen atoms in total. The SMILES string of the molecule is COCCCn1c(SCC(N)=O)nc2sc3c(c2c1=O)CCC3. The van der Waals surface area contributed by atoms with Crippen LogP contribution in [-0.4, -0.2) is 34.9 Å². The average Bonchev–Trinajstić information content (AvgIpc) is 3.07. The molecular weight excluding hydrogens is 334 g/mol. The summed E-state index contributed by atoms with van der Waals surface area (Å²) in [7, 11) is 1.64. The number of hydrogen-bond acceptors (Lipinski definition) is 6. The highest BCUT2D eigenvalue weighted by atomic mass is 32.2. The number of nitrogens with zero attached hydrogens (tertiary/aromatic N) is 2. The molecule has 124 valence electrons.